The molecule has 1 unspecified atom stereocenters. The minimum Gasteiger partial charge on any atom is -0.435 e. The molecule has 0 bridgehead atoms. The van der Waals surface area contributed by atoms with Crippen molar-refractivity contribution < 1.29 is 18.3 Å². The van der Waals surface area contributed by atoms with E-state index < -0.39 is 12.7 Å². The van der Waals surface area contributed by atoms with Crippen LogP contribution in [0.2, 0.25) is 0 Å². The minimum absolute atomic E-state index is 0.0720. The zero-order chi connectivity index (χ0) is 14.6. The molecule has 0 spiro atoms. The highest BCUT2D eigenvalue weighted by Gasteiger charge is 2.19. The number of likely N-dealkylation sites (N-methyl/N-ethyl adjacent to an activating group) is 1. The van der Waals surface area contributed by atoms with E-state index in [-0.39, 0.29) is 22.2 Å². The molecule has 1 aromatic carbocycles. The Labute approximate surface area is 115 Å². The molecule has 1 rings (SSSR count). The molecule has 0 heterocycles. The maximum absolute atomic E-state index is 12.1. The molecule has 4 nitrogen and oxygen atoms in total. The van der Waals surface area contributed by atoms with E-state index in [2.05, 4.69) is 4.74 Å². The first kappa shape index (κ1) is 15.3. The molecule has 0 saturated heterocycles. The zero-order valence-corrected chi connectivity index (χ0v) is 11.3. The summed E-state index contributed by atoms with van der Waals surface area (Å²) in [4.78, 5) is 13.6. The first-order valence-electron chi connectivity index (χ1n) is 5.44. The van der Waals surface area contributed by atoms with Crippen LogP contribution < -0.4 is 10.5 Å². The van der Waals surface area contributed by atoms with Gasteiger partial charge in [-0.25, -0.2) is 0 Å². The summed E-state index contributed by atoms with van der Waals surface area (Å²) < 4.78 is 28.4. The Kier molecular flexibility index (Phi) is 5.17. The van der Waals surface area contributed by atoms with Crippen molar-refractivity contribution in [1.29, 1.82) is 0 Å². The van der Waals surface area contributed by atoms with Gasteiger partial charge >= 0.3 is 6.61 Å². The number of hydrogen-bond acceptors (Lipinski definition) is 3. The number of alkyl halides is 2. The molecule has 2 N–H and O–H groups in total. The van der Waals surface area contributed by atoms with Gasteiger partial charge in [0.15, 0.2) is 0 Å². The van der Waals surface area contributed by atoms with Crippen LogP contribution in [-0.2, 0) is 0 Å². The molecule has 104 valence electrons. The number of hydrogen-bond donors (Lipinski definition) is 1. The average molecular weight is 288 g/mol. The van der Waals surface area contributed by atoms with Crippen molar-refractivity contribution in [3.05, 3.63) is 29.8 Å². The van der Waals surface area contributed by atoms with E-state index in [0.717, 1.165) is 0 Å². The van der Waals surface area contributed by atoms with E-state index in [0.29, 0.717) is 0 Å². The van der Waals surface area contributed by atoms with E-state index in [9.17, 15) is 13.6 Å². The maximum Gasteiger partial charge on any atom is 0.387 e. The van der Waals surface area contributed by atoms with Gasteiger partial charge in [0.05, 0.1) is 11.0 Å². The van der Waals surface area contributed by atoms with Crippen LogP contribution in [0.4, 0.5) is 8.78 Å². The SMILES string of the molecule is CC(C(N)=S)N(C)C(=O)c1cccc(OC(F)F)c1. The van der Waals surface area contributed by atoms with Crippen molar-refractivity contribution in [2.45, 2.75) is 19.6 Å². The van der Waals surface area contributed by atoms with Crippen LogP contribution in [0.3, 0.4) is 0 Å². The van der Waals surface area contributed by atoms with Crippen molar-refractivity contribution in [1.82, 2.24) is 4.90 Å². The summed E-state index contributed by atoms with van der Waals surface area (Å²) in [7, 11) is 1.53. The van der Waals surface area contributed by atoms with Crippen molar-refractivity contribution in [3.63, 3.8) is 0 Å². The molecule has 7 heteroatoms. The third-order valence-corrected chi connectivity index (χ3v) is 2.96. The Balaban J connectivity index is 2.90. The fourth-order valence-corrected chi connectivity index (χ4v) is 1.53. The molecule has 1 atom stereocenters. The first-order chi connectivity index (χ1) is 8.82. The second kappa shape index (κ2) is 6.42. The van der Waals surface area contributed by atoms with Gasteiger partial charge in [0, 0.05) is 12.6 Å². The Morgan fingerprint density at radius 2 is 2.11 bits per heavy atom. The lowest BCUT2D eigenvalue weighted by Crippen LogP contribution is -2.42. The number of carbonyl (C=O) groups is 1. The van der Waals surface area contributed by atoms with Crippen molar-refractivity contribution in [2.24, 2.45) is 5.73 Å². The topological polar surface area (TPSA) is 55.6 Å². The molecule has 0 aliphatic carbocycles. The highest BCUT2D eigenvalue weighted by Crippen LogP contribution is 2.17. The lowest BCUT2D eigenvalue weighted by atomic mass is 10.1. The normalized spacial score (nSPS) is 12.1. The van der Waals surface area contributed by atoms with Gasteiger partial charge in [-0.3, -0.25) is 4.79 Å². The van der Waals surface area contributed by atoms with Gasteiger partial charge in [0.2, 0.25) is 0 Å². The lowest BCUT2D eigenvalue weighted by Gasteiger charge is -2.24. The van der Waals surface area contributed by atoms with Gasteiger partial charge < -0.3 is 15.4 Å². The van der Waals surface area contributed by atoms with Crippen LogP contribution in [0.15, 0.2) is 24.3 Å². The van der Waals surface area contributed by atoms with Gasteiger partial charge in [0.1, 0.15) is 5.75 Å². The second-order valence-corrected chi connectivity index (χ2v) is 4.37. The summed E-state index contributed by atoms with van der Waals surface area (Å²) in [6.07, 6.45) is 0. The third kappa shape index (κ3) is 4.13. The summed E-state index contributed by atoms with van der Waals surface area (Å²) in [5.74, 6) is -0.447. The van der Waals surface area contributed by atoms with Gasteiger partial charge in [-0.05, 0) is 25.1 Å². The number of carbonyl (C=O) groups excluding carboxylic acids is 1. The molecule has 0 aliphatic heterocycles. The van der Waals surface area contributed by atoms with Crippen LogP contribution in [0, 0.1) is 0 Å². The molecule has 0 radical (unpaired) electrons. The van der Waals surface area contributed by atoms with Gasteiger partial charge in [-0.15, -0.1) is 0 Å². The summed E-state index contributed by atoms with van der Waals surface area (Å²) in [5, 5.41) is 0. The van der Waals surface area contributed by atoms with E-state index in [1.807, 2.05) is 0 Å². The number of nitrogens with two attached hydrogens (primary N) is 1. The molecule has 1 amide bonds. The number of rotatable bonds is 5. The van der Waals surface area contributed by atoms with Crippen LogP contribution >= 0.6 is 12.2 Å². The standard InChI is InChI=1S/C12H14F2N2O2S/c1-7(10(15)19)16(2)11(17)8-4-3-5-9(6-8)18-12(13)14/h3-7,12H,1-2H3,(H2,15,19). The van der Waals surface area contributed by atoms with Crippen molar-refractivity contribution >= 4 is 23.1 Å². The molecule has 19 heavy (non-hydrogen) atoms. The Morgan fingerprint density at radius 3 is 2.63 bits per heavy atom. The highest BCUT2D eigenvalue weighted by molar-refractivity contribution is 7.80. The molecule has 0 saturated carbocycles. The van der Waals surface area contributed by atoms with E-state index in [4.69, 9.17) is 18.0 Å². The van der Waals surface area contributed by atoms with Gasteiger partial charge in [-0.2, -0.15) is 8.78 Å². The maximum atomic E-state index is 12.1. The lowest BCUT2D eigenvalue weighted by molar-refractivity contribution is -0.0499. The summed E-state index contributed by atoms with van der Waals surface area (Å²) >= 11 is 4.81. The fourth-order valence-electron chi connectivity index (χ4n) is 1.38. The molecule has 0 fully saturated rings. The van der Waals surface area contributed by atoms with E-state index in [1.165, 1.54) is 36.2 Å². The second-order valence-electron chi connectivity index (χ2n) is 3.90. The predicted octanol–water partition coefficient (Wildman–Crippen LogP) is 2.03. The minimum atomic E-state index is -2.93. The van der Waals surface area contributed by atoms with Crippen LogP contribution in [-0.4, -0.2) is 35.5 Å². The van der Waals surface area contributed by atoms with Gasteiger partial charge in [0.25, 0.3) is 5.91 Å². The van der Waals surface area contributed by atoms with E-state index in [1.54, 1.807) is 6.92 Å². The fraction of sp³-hybridized carbons (Fsp3) is 0.333. The largest absolute Gasteiger partial charge is 0.435 e. The highest BCUT2D eigenvalue weighted by atomic mass is 32.1. The molecule has 1 aromatic rings. The predicted molar refractivity (Wildman–Crippen MR) is 71.4 cm³/mol. The number of amides is 1. The van der Waals surface area contributed by atoms with Crippen LogP contribution in [0.25, 0.3) is 0 Å². The third-order valence-electron chi connectivity index (χ3n) is 2.62. The Morgan fingerprint density at radius 1 is 1.47 bits per heavy atom. The van der Waals surface area contributed by atoms with Crippen LogP contribution in [0.5, 0.6) is 5.75 Å². The molecular formula is C12H14F2N2O2S. The van der Waals surface area contributed by atoms with E-state index >= 15 is 0 Å². The number of thiocarbonyl (C=S) groups is 1. The molecule has 0 aromatic heterocycles. The smallest absolute Gasteiger partial charge is 0.387 e. The summed E-state index contributed by atoms with van der Waals surface area (Å²) in [6.45, 7) is -1.25. The number of benzene rings is 1. The zero-order valence-electron chi connectivity index (χ0n) is 10.5. The number of ether oxygens (including phenoxy) is 1. The quantitative estimate of drug-likeness (QED) is 0.842. The summed E-state index contributed by atoms with van der Waals surface area (Å²) in [6, 6.07) is 5.13. The van der Waals surface area contributed by atoms with Crippen LogP contribution in [0.1, 0.15) is 17.3 Å². The first-order valence-corrected chi connectivity index (χ1v) is 5.85. The van der Waals surface area contributed by atoms with Crippen molar-refractivity contribution in [2.75, 3.05) is 7.05 Å². The number of halogens is 2. The molecular weight excluding hydrogens is 274 g/mol. The molecule has 0 aliphatic rings. The number of nitrogens with zero attached hydrogens (tertiary/aromatic N) is 1. The average Bonchev–Trinajstić information content (AvgIpc) is 2.35. The van der Waals surface area contributed by atoms with Gasteiger partial charge in [-0.1, -0.05) is 18.3 Å². The monoisotopic (exact) mass is 288 g/mol. The Bertz CT molecular complexity index is 483. The Hall–Kier alpha value is -1.76. The van der Waals surface area contributed by atoms with Crippen molar-refractivity contribution in [3.8, 4) is 5.75 Å². The summed E-state index contributed by atoms with van der Waals surface area (Å²) in [5.41, 5.74) is 5.69.